The minimum atomic E-state index is 0.431. The average molecular weight is 435 g/mol. The van der Waals surface area contributed by atoms with Crippen molar-refractivity contribution in [3.05, 3.63) is 97.1 Å². The van der Waals surface area contributed by atoms with Crippen molar-refractivity contribution < 1.29 is 4.74 Å². The molecule has 0 spiro atoms. The number of hydrogen-bond donors (Lipinski definition) is 0. The Kier molecular flexibility index (Phi) is 5.25. The van der Waals surface area contributed by atoms with Gasteiger partial charge in [-0.3, -0.25) is 14.9 Å². The van der Waals surface area contributed by atoms with Gasteiger partial charge in [0.25, 0.3) is 0 Å². The van der Waals surface area contributed by atoms with Crippen molar-refractivity contribution >= 4 is 11.4 Å². The summed E-state index contributed by atoms with van der Waals surface area (Å²) >= 11 is 0. The van der Waals surface area contributed by atoms with Crippen LogP contribution in [-0.4, -0.2) is 34.0 Å². The Hall–Kier alpha value is -3.70. The van der Waals surface area contributed by atoms with E-state index in [1.807, 2.05) is 42.9 Å². The summed E-state index contributed by atoms with van der Waals surface area (Å²) in [6.45, 7) is 3.04. The first-order valence-corrected chi connectivity index (χ1v) is 11.6. The van der Waals surface area contributed by atoms with Gasteiger partial charge in [-0.15, -0.1) is 0 Å². The minimum absolute atomic E-state index is 0.431. The predicted molar refractivity (Wildman–Crippen MR) is 131 cm³/mol. The third-order valence-electron chi connectivity index (χ3n) is 6.61. The lowest BCUT2D eigenvalue weighted by Crippen LogP contribution is -2.43. The molecule has 0 atom stereocenters. The smallest absolute Gasteiger partial charge is 0.151 e. The summed E-state index contributed by atoms with van der Waals surface area (Å²) in [5.41, 5.74) is 5.73. The Morgan fingerprint density at radius 3 is 2.36 bits per heavy atom. The standard InChI is InChI=1S/C28H26N4O/c1-2-7-27-25(6-1)32(24-12-17-31(18-13-24)20-23-5-3-4-14-30-23)26-9-8-22(19-28(26)33-27)21-10-15-29-16-11-21/h1-11,14-16,19,24H,12-13,17-18,20H2. The van der Waals surface area contributed by atoms with Crippen LogP contribution in [0.25, 0.3) is 11.1 Å². The molecule has 0 unspecified atom stereocenters. The van der Waals surface area contributed by atoms with Crippen molar-refractivity contribution in [1.29, 1.82) is 0 Å². The number of pyridine rings is 2. The molecule has 0 saturated carbocycles. The van der Waals surface area contributed by atoms with Crippen LogP contribution in [0.2, 0.25) is 0 Å². The fraction of sp³-hybridized carbons (Fsp3) is 0.214. The van der Waals surface area contributed by atoms with Crippen LogP contribution in [-0.2, 0) is 6.54 Å². The molecule has 164 valence electrons. The zero-order valence-corrected chi connectivity index (χ0v) is 18.5. The summed E-state index contributed by atoms with van der Waals surface area (Å²) in [6, 6.07) is 25.6. The lowest BCUT2D eigenvalue weighted by atomic mass is 9.98. The molecule has 4 heterocycles. The zero-order chi connectivity index (χ0) is 22.0. The lowest BCUT2D eigenvalue weighted by Gasteiger charge is -2.42. The van der Waals surface area contributed by atoms with E-state index in [4.69, 9.17) is 4.74 Å². The van der Waals surface area contributed by atoms with Crippen LogP contribution in [0.5, 0.6) is 11.5 Å². The van der Waals surface area contributed by atoms with Crippen LogP contribution in [0.4, 0.5) is 11.4 Å². The van der Waals surface area contributed by atoms with Crippen LogP contribution in [0.1, 0.15) is 18.5 Å². The Bertz CT molecular complexity index is 1240. The molecule has 0 amide bonds. The Labute approximate surface area is 194 Å². The van der Waals surface area contributed by atoms with E-state index in [2.05, 4.69) is 68.3 Å². The molecule has 4 aromatic rings. The number of nitrogens with zero attached hydrogens (tertiary/aromatic N) is 4. The van der Waals surface area contributed by atoms with Gasteiger partial charge >= 0.3 is 0 Å². The quantitative estimate of drug-likeness (QED) is 0.391. The van der Waals surface area contributed by atoms with Gasteiger partial charge in [0, 0.05) is 44.3 Å². The van der Waals surface area contributed by atoms with E-state index in [0.717, 1.165) is 72.2 Å². The number of ether oxygens (including phenoxy) is 1. The number of anilines is 2. The van der Waals surface area contributed by atoms with E-state index in [-0.39, 0.29) is 0 Å². The summed E-state index contributed by atoms with van der Waals surface area (Å²) in [6.07, 6.45) is 7.75. The van der Waals surface area contributed by atoms with Gasteiger partial charge in [0.05, 0.1) is 17.1 Å². The molecule has 0 bridgehead atoms. The summed E-state index contributed by atoms with van der Waals surface area (Å²) in [5.74, 6) is 1.84. The van der Waals surface area contributed by atoms with E-state index in [9.17, 15) is 0 Å². The number of fused-ring (bicyclic) bond motifs is 2. The summed E-state index contributed by atoms with van der Waals surface area (Å²) in [4.78, 5) is 13.7. The molecule has 2 aromatic heterocycles. The van der Waals surface area contributed by atoms with Gasteiger partial charge in [0.1, 0.15) is 0 Å². The number of piperidine rings is 1. The first-order valence-electron chi connectivity index (χ1n) is 11.6. The number of para-hydroxylation sites is 2. The SMILES string of the molecule is c1ccc(CN2CCC(N3c4ccccc4Oc4cc(-c5ccncc5)ccc43)CC2)nc1. The molecule has 1 saturated heterocycles. The number of rotatable bonds is 4. The fourth-order valence-electron chi connectivity index (χ4n) is 4.96. The van der Waals surface area contributed by atoms with Gasteiger partial charge in [0.15, 0.2) is 11.5 Å². The van der Waals surface area contributed by atoms with E-state index in [1.165, 1.54) is 0 Å². The van der Waals surface area contributed by atoms with E-state index >= 15 is 0 Å². The lowest BCUT2D eigenvalue weighted by molar-refractivity contribution is 0.202. The maximum absolute atomic E-state index is 6.38. The monoisotopic (exact) mass is 434 g/mol. The van der Waals surface area contributed by atoms with Gasteiger partial charge in [-0.1, -0.05) is 24.3 Å². The van der Waals surface area contributed by atoms with E-state index < -0.39 is 0 Å². The van der Waals surface area contributed by atoms with Gasteiger partial charge in [0.2, 0.25) is 0 Å². The van der Waals surface area contributed by atoms with Crippen molar-refractivity contribution in [2.24, 2.45) is 0 Å². The molecule has 6 rings (SSSR count). The van der Waals surface area contributed by atoms with Gasteiger partial charge in [-0.2, -0.15) is 0 Å². The first kappa shape index (κ1) is 19.9. The fourth-order valence-corrected chi connectivity index (χ4v) is 4.96. The molecule has 2 aromatic carbocycles. The zero-order valence-electron chi connectivity index (χ0n) is 18.5. The molecular weight excluding hydrogens is 408 g/mol. The molecule has 5 nitrogen and oxygen atoms in total. The van der Waals surface area contributed by atoms with Crippen molar-refractivity contribution in [3.8, 4) is 22.6 Å². The number of aromatic nitrogens is 2. The Morgan fingerprint density at radius 2 is 1.55 bits per heavy atom. The molecule has 1 fully saturated rings. The van der Waals surface area contributed by atoms with Crippen molar-refractivity contribution in [1.82, 2.24) is 14.9 Å². The predicted octanol–water partition coefficient (Wildman–Crippen LogP) is 6.05. The number of likely N-dealkylation sites (tertiary alicyclic amines) is 1. The largest absolute Gasteiger partial charge is 0.453 e. The Balaban J connectivity index is 1.28. The molecule has 5 heteroatoms. The molecule has 0 radical (unpaired) electrons. The molecule has 33 heavy (non-hydrogen) atoms. The van der Waals surface area contributed by atoms with Crippen LogP contribution in [0, 0.1) is 0 Å². The topological polar surface area (TPSA) is 41.5 Å². The second-order valence-electron chi connectivity index (χ2n) is 8.69. The summed E-state index contributed by atoms with van der Waals surface area (Å²) < 4.78 is 6.38. The van der Waals surface area contributed by atoms with E-state index in [0.29, 0.717) is 6.04 Å². The summed E-state index contributed by atoms with van der Waals surface area (Å²) in [5, 5.41) is 0. The molecule has 2 aliphatic rings. The first-order chi connectivity index (χ1) is 16.3. The second kappa shape index (κ2) is 8.68. The van der Waals surface area contributed by atoms with Crippen LogP contribution in [0.3, 0.4) is 0 Å². The third kappa shape index (κ3) is 3.96. The van der Waals surface area contributed by atoms with Crippen molar-refractivity contribution in [2.45, 2.75) is 25.4 Å². The molecular formula is C28H26N4O. The van der Waals surface area contributed by atoms with Crippen LogP contribution in [0.15, 0.2) is 91.4 Å². The average Bonchev–Trinajstić information content (AvgIpc) is 2.89. The highest BCUT2D eigenvalue weighted by molar-refractivity contribution is 5.81. The number of benzene rings is 2. The van der Waals surface area contributed by atoms with Crippen LogP contribution >= 0.6 is 0 Å². The molecule has 0 aliphatic carbocycles. The van der Waals surface area contributed by atoms with Crippen molar-refractivity contribution in [3.63, 3.8) is 0 Å². The number of hydrogen-bond acceptors (Lipinski definition) is 5. The van der Waals surface area contributed by atoms with E-state index in [1.54, 1.807) is 0 Å². The highest BCUT2D eigenvalue weighted by Gasteiger charge is 2.32. The minimum Gasteiger partial charge on any atom is -0.453 e. The highest BCUT2D eigenvalue weighted by atomic mass is 16.5. The molecule has 0 N–H and O–H groups in total. The maximum atomic E-state index is 6.38. The van der Waals surface area contributed by atoms with Crippen molar-refractivity contribution in [2.75, 3.05) is 18.0 Å². The Morgan fingerprint density at radius 1 is 0.758 bits per heavy atom. The van der Waals surface area contributed by atoms with Gasteiger partial charge in [-0.25, -0.2) is 0 Å². The second-order valence-corrected chi connectivity index (χ2v) is 8.69. The normalized spacial score (nSPS) is 16.1. The van der Waals surface area contributed by atoms with Crippen LogP contribution < -0.4 is 9.64 Å². The third-order valence-corrected chi connectivity index (χ3v) is 6.61. The molecule has 2 aliphatic heterocycles. The van der Waals surface area contributed by atoms with Gasteiger partial charge < -0.3 is 9.64 Å². The summed E-state index contributed by atoms with van der Waals surface area (Å²) in [7, 11) is 0. The maximum Gasteiger partial charge on any atom is 0.151 e. The highest BCUT2D eigenvalue weighted by Crippen LogP contribution is 2.49. The van der Waals surface area contributed by atoms with Gasteiger partial charge in [-0.05, 0) is 72.5 Å².